The van der Waals surface area contributed by atoms with Crippen LogP contribution in [-0.2, 0) is 0 Å². The molecule has 0 saturated carbocycles. The summed E-state index contributed by atoms with van der Waals surface area (Å²) in [7, 11) is 0. The molecule has 1 heteroatoms. The lowest BCUT2D eigenvalue weighted by Crippen LogP contribution is -2.05. The first-order valence-corrected chi connectivity index (χ1v) is 8.02. The third-order valence-corrected chi connectivity index (χ3v) is 5.02. The number of thioether (sulfide) groups is 1. The Kier molecular flexibility index (Phi) is 7.01. The molecule has 0 bridgehead atoms. The zero-order valence-electron chi connectivity index (χ0n) is 12.6. The molecule has 0 N–H and O–H groups in total. The molecule has 0 nitrogen and oxygen atoms in total. The number of rotatable bonds is 7. The highest BCUT2D eigenvalue weighted by Crippen LogP contribution is 2.36. The van der Waals surface area contributed by atoms with E-state index in [1.807, 2.05) is 6.08 Å². The Hall–Kier alpha value is -0.950. The van der Waals surface area contributed by atoms with Gasteiger partial charge in [0, 0.05) is 10.5 Å². The van der Waals surface area contributed by atoms with Crippen molar-refractivity contribution in [3.63, 3.8) is 0 Å². The number of hydrogen-bond donors (Lipinski definition) is 0. The zero-order valence-corrected chi connectivity index (χ0v) is 13.5. The van der Waals surface area contributed by atoms with E-state index in [2.05, 4.69) is 76.4 Å². The Bertz CT molecular complexity index is 413. The fourth-order valence-corrected chi connectivity index (χ4v) is 3.48. The first kappa shape index (κ1) is 16.1. The summed E-state index contributed by atoms with van der Waals surface area (Å²) in [4.78, 5) is 0. The Morgan fingerprint density at radius 3 is 2.37 bits per heavy atom. The molecule has 0 amide bonds. The maximum atomic E-state index is 3.94. The summed E-state index contributed by atoms with van der Waals surface area (Å²) in [6.45, 7) is 12.9. The van der Waals surface area contributed by atoms with Crippen molar-refractivity contribution in [2.45, 2.75) is 51.0 Å². The molecule has 0 fully saturated rings. The van der Waals surface area contributed by atoms with E-state index in [0.717, 1.165) is 6.42 Å². The van der Waals surface area contributed by atoms with Crippen LogP contribution in [0.25, 0.3) is 0 Å². The van der Waals surface area contributed by atoms with Gasteiger partial charge >= 0.3 is 0 Å². The van der Waals surface area contributed by atoms with Gasteiger partial charge in [-0.3, -0.25) is 0 Å². The average molecular weight is 274 g/mol. The minimum atomic E-state index is 0.550. The first-order valence-electron chi connectivity index (χ1n) is 7.07. The van der Waals surface area contributed by atoms with Gasteiger partial charge in [0.25, 0.3) is 0 Å². The minimum Gasteiger partial charge on any atom is -0.150 e. The van der Waals surface area contributed by atoms with Crippen molar-refractivity contribution in [1.82, 2.24) is 0 Å². The predicted octanol–water partition coefficient (Wildman–Crippen LogP) is 6.17. The van der Waals surface area contributed by atoms with Crippen molar-refractivity contribution in [1.29, 1.82) is 0 Å². The van der Waals surface area contributed by atoms with E-state index in [1.165, 1.54) is 23.1 Å². The molecule has 0 aliphatic heterocycles. The molecule has 2 unspecified atom stereocenters. The fourth-order valence-electron chi connectivity index (χ4n) is 2.12. The highest BCUT2D eigenvalue weighted by molar-refractivity contribution is 8.00. The summed E-state index contributed by atoms with van der Waals surface area (Å²) >= 11 is 2.08. The Morgan fingerprint density at radius 1 is 1.26 bits per heavy atom. The second-order valence-electron chi connectivity index (χ2n) is 5.15. The molecule has 0 radical (unpaired) electrons. The van der Waals surface area contributed by atoms with Gasteiger partial charge in [0.05, 0.1) is 0 Å². The summed E-state index contributed by atoms with van der Waals surface area (Å²) < 4.78 is 0. The minimum absolute atomic E-state index is 0.550. The number of allylic oxidation sites excluding steroid dienone is 3. The molecular weight excluding hydrogens is 248 g/mol. The van der Waals surface area contributed by atoms with E-state index in [0.29, 0.717) is 10.5 Å². The molecule has 19 heavy (non-hydrogen) atoms. The van der Waals surface area contributed by atoms with Gasteiger partial charge in [0.15, 0.2) is 0 Å². The maximum Gasteiger partial charge on any atom is 0.0271 e. The second kappa shape index (κ2) is 8.27. The Morgan fingerprint density at radius 2 is 1.89 bits per heavy atom. The topological polar surface area (TPSA) is 0 Å². The van der Waals surface area contributed by atoms with Crippen LogP contribution in [0.15, 0.2) is 54.1 Å². The molecular formula is C18H26S. The third-order valence-electron chi connectivity index (χ3n) is 3.46. The number of hydrogen-bond acceptors (Lipinski definition) is 1. The van der Waals surface area contributed by atoms with E-state index in [-0.39, 0.29) is 0 Å². The van der Waals surface area contributed by atoms with Crippen LogP contribution in [0.4, 0.5) is 0 Å². The van der Waals surface area contributed by atoms with Crippen molar-refractivity contribution in [2.24, 2.45) is 0 Å². The highest BCUT2D eigenvalue weighted by atomic mass is 32.2. The summed E-state index contributed by atoms with van der Waals surface area (Å²) in [5.41, 5.74) is 4.21. The lowest BCUT2D eigenvalue weighted by Gasteiger charge is -2.21. The van der Waals surface area contributed by atoms with Gasteiger partial charge < -0.3 is 0 Å². The standard InChI is InChI=1S/C18H26S/c1-6-16(14(3)4)13-18(7-2)19-15(5)17-11-9-8-10-12-17/h6,8-12,15,18H,1,7,13H2,2-5H3. The SMILES string of the molecule is C=CC(CC(CC)SC(C)c1ccccc1)=C(C)C. The van der Waals surface area contributed by atoms with Crippen molar-refractivity contribution in [3.05, 3.63) is 59.7 Å². The van der Waals surface area contributed by atoms with Crippen LogP contribution in [0.1, 0.15) is 51.3 Å². The van der Waals surface area contributed by atoms with Gasteiger partial charge in [-0.25, -0.2) is 0 Å². The molecule has 1 rings (SSSR count). The molecule has 0 heterocycles. The van der Waals surface area contributed by atoms with Crippen LogP contribution < -0.4 is 0 Å². The second-order valence-corrected chi connectivity index (χ2v) is 6.80. The highest BCUT2D eigenvalue weighted by Gasteiger charge is 2.14. The molecule has 0 aliphatic carbocycles. The van der Waals surface area contributed by atoms with E-state index in [1.54, 1.807) is 0 Å². The Labute approximate surface area is 123 Å². The smallest absolute Gasteiger partial charge is 0.0271 e. The quantitative estimate of drug-likeness (QED) is 0.536. The summed E-state index contributed by atoms with van der Waals surface area (Å²) in [5.74, 6) is 0. The van der Waals surface area contributed by atoms with Gasteiger partial charge in [0.2, 0.25) is 0 Å². The summed E-state index contributed by atoms with van der Waals surface area (Å²) in [6, 6.07) is 10.8. The summed E-state index contributed by atoms with van der Waals surface area (Å²) in [6.07, 6.45) is 4.35. The van der Waals surface area contributed by atoms with Crippen LogP contribution in [0.5, 0.6) is 0 Å². The molecule has 1 aromatic rings. The number of benzene rings is 1. The lowest BCUT2D eigenvalue weighted by molar-refractivity contribution is 0.806. The zero-order chi connectivity index (χ0) is 14.3. The first-order chi connectivity index (χ1) is 9.08. The lowest BCUT2D eigenvalue weighted by atomic mass is 10.0. The summed E-state index contributed by atoms with van der Waals surface area (Å²) in [5, 5.41) is 1.22. The molecule has 0 aliphatic rings. The predicted molar refractivity (Wildman–Crippen MR) is 89.7 cm³/mol. The molecule has 104 valence electrons. The largest absolute Gasteiger partial charge is 0.150 e. The van der Waals surface area contributed by atoms with Crippen molar-refractivity contribution < 1.29 is 0 Å². The van der Waals surface area contributed by atoms with Gasteiger partial charge in [0.1, 0.15) is 0 Å². The molecule has 1 aromatic carbocycles. The van der Waals surface area contributed by atoms with Gasteiger partial charge in [-0.1, -0.05) is 55.5 Å². The average Bonchev–Trinajstić information content (AvgIpc) is 2.43. The Balaban J connectivity index is 2.67. The van der Waals surface area contributed by atoms with Gasteiger partial charge in [-0.05, 0) is 44.7 Å². The monoisotopic (exact) mass is 274 g/mol. The van der Waals surface area contributed by atoms with Crippen LogP contribution in [0, 0.1) is 0 Å². The molecule has 2 atom stereocenters. The molecule has 0 saturated heterocycles. The van der Waals surface area contributed by atoms with E-state index in [9.17, 15) is 0 Å². The van der Waals surface area contributed by atoms with Crippen LogP contribution in [0.3, 0.4) is 0 Å². The molecule has 0 aromatic heterocycles. The fraction of sp³-hybridized carbons (Fsp3) is 0.444. The van der Waals surface area contributed by atoms with Gasteiger partial charge in [-0.15, -0.1) is 0 Å². The normalized spacial score (nSPS) is 13.7. The van der Waals surface area contributed by atoms with Crippen LogP contribution >= 0.6 is 11.8 Å². The van der Waals surface area contributed by atoms with Crippen LogP contribution in [0.2, 0.25) is 0 Å². The molecule has 0 spiro atoms. The van der Waals surface area contributed by atoms with Crippen molar-refractivity contribution in [2.75, 3.05) is 0 Å². The van der Waals surface area contributed by atoms with E-state index < -0.39 is 0 Å². The third kappa shape index (κ3) is 5.28. The van der Waals surface area contributed by atoms with Crippen molar-refractivity contribution in [3.8, 4) is 0 Å². The van der Waals surface area contributed by atoms with E-state index >= 15 is 0 Å². The van der Waals surface area contributed by atoms with Crippen LogP contribution in [-0.4, -0.2) is 5.25 Å². The van der Waals surface area contributed by atoms with Crippen molar-refractivity contribution >= 4 is 11.8 Å². The maximum absolute atomic E-state index is 3.94. The van der Waals surface area contributed by atoms with E-state index in [4.69, 9.17) is 0 Å². The van der Waals surface area contributed by atoms with Gasteiger partial charge in [-0.2, -0.15) is 11.8 Å².